The van der Waals surface area contributed by atoms with Crippen molar-refractivity contribution in [2.24, 2.45) is 4.99 Å². The summed E-state index contributed by atoms with van der Waals surface area (Å²) < 4.78 is 0. The molecule has 1 heterocycles. The van der Waals surface area contributed by atoms with Gasteiger partial charge in [-0.15, -0.1) is 0 Å². The molecule has 0 aliphatic heterocycles. The number of hydrogen-bond acceptors (Lipinski definition) is 3. The van der Waals surface area contributed by atoms with Crippen LogP contribution in [-0.4, -0.2) is 10.7 Å². The predicted molar refractivity (Wildman–Crippen MR) is 133 cm³/mol. The van der Waals surface area contributed by atoms with Crippen LogP contribution in [0.15, 0.2) is 85.3 Å². The summed E-state index contributed by atoms with van der Waals surface area (Å²) in [6.45, 7) is 17.9. The summed E-state index contributed by atoms with van der Waals surface area (Å²) in [6.07, 6.45) is 5.39. The van der Waals surface area contributed by atoms with Gasteiger partial charge in [0.25, 0.3) is 0 Å². The molecular formula is C27H31N3. The molecule has 0 radical (unpaired) electrons. The maximum absolute atomic E-state index is 4.83. The van der Waals surface area contributed by atoms with E-state index in [1.165, 1.54) is 5.56 Å². The first-order chi connectivity index (χ1) is 14.5. The molecule has 1 aromatic heterocycles. The van der Waals surface area contributed by atoms with Crippen LogP contribution in [-0.2, 0) is 0 Å². The zero-order chi connectivity index (χ0) is 22.1. The summed E-state index contributed by atoms with van der Waals surface area (Å²) in [6, 6.07) is 16.6. The van der Waals surface area contributed by atoms with Crippen molar-refractivity contribution in [1.29, 1.82) is 0 Å². The Balaban J connectivity index is 0.00000155. The van der Waals surface area contributed by atoms with E-state index in [4.69, 9.17) is 4.99 Å². The Morgan fingerprint density at radius 3 is 2.43 bits per heavy atom. The van der Waals surface area contributed by atoms with Gasteiger partial charge in [0.15, 0.2) is 0 Å². The molecule has 1 N–H and O–H groups in total. The van der Waals surface area contributed by atoms with Gasteiger partial charge < -0.3 is 5.32 Å². The minimum absolute atomic E-state index is 0.931. The second-order valence-electron chi connectivity index (χ2n) is 6.89. The summed E-state index contributed by atoms with van der Waals surface area (Å²) in [5.41, 5.74) is 9.23. The fourth-order valence-corrected chi connectivity index (χ4v) is 3.04. The second-order valence-corrected chi connectivity index (χ2v) is 6.89. The van der Waals surface area contributed by atoms with Gasteiger partial charge in [0.2, 0.25) is 0 Å². The number of aromatic nitrogens is 1. The summed E-state index contributed by atoms with van der Waals surface area (Å²) in [5.74, 6) is 0. The van der Waals surface area contributed by atoms with Gasteiger partial charge in [-0.25, -0.2) is 0 Å². The van der Waals surface area contributed by atoms with Crippen LogP contribution in [0, 0.1) is 6.92 Å². The van der Waals surface area contributed by atoms with Gasteiger partial charge in [-0.1, -0.05) is 45.2 Å². The number of anilines is 1. The molecule has 0 unspecified atom stereocenters. The molecule has 0 saturated heterocycles. The zero-order valence-electron chi connectivity index (χ0n) is 18.7. The molecule has 0 amide bonds. The van der Waals surface area contributed by atoms with Crippen LogP contribution in [0.25, 0.3) is 16.7 Å². The van der Waals surface area contributed by atoms with E-state index < -0.39 is 0 Å². The minimum atomic E-state index is 0.931. The van der Waals surface area contributed by atoms with Crippen LogP contribution < -0.4 is 5.32 Å². The van der Waals surface area contributed by atoms with Crippen molar-refractivity contribution >= 4 is 22.7 Å². The van der Waals surface area contributed by atoms with Crippen LogP contribution in [0.1, 0.15) is 44.4 Å². The molecule has 0 atom stereocenters. The van der Waals surface area contributed by atoms with Crippen LogP contribution in [0.3, 0.4) is 0 Å². The molecule has 154 valence electrons. The first-order valence-electron chi connectivity index (χ1n) is 10.2. The highest BCUT2D eigenvalue weighted by Crippen LogP contribution is 2.28. The molecule has 0 spiro atoms. The fourth-order valence-electron chi connectivity index (χ4n) is 3.04. The number of hydrogen-bond donors (Lipinski definition) is 1. The van der Waals surface area contributed by atoms with Gasteiger partial charge >= 0.3 is 0 Å². The van der Waals surface area contributed by atoms with Crippen molar-refractivity contribution in [2.75, 3.05) is 5.32 Å². The first kappa shape index (κ1) is 22.8. The summed E-state index contributed by atoms with van der Waals surface area (Å²) in [4.78, 5) is 9.20. The highest BCUT2D eigenvalue weighted by Gasteiger charge is 2.09. The van der Waals surface area contributed by atoms with E-state index in [1.807, 2.05) is 52.2 Å². The lowest BCUT2D eigenvalue weighted by molar-refractivity contribution is 1.30. The monoisotopic (exact) mass is 397 g/mol. The number of allylic oxidation sites excluding steroid dienone is 1. The van der Waals surface area contributed by atoms with Crippen molar-refractivity contribution in [1.82, 2.24) is 4.98 Å². The van der Waals surface area contributed by atoms with E-state index in [1.54, 1.807) is 6.20 Å². The Hall–Kier alpha value is -3.46. The van der Waals surface area contributed by atoms with Crippen molar-refractivity contribution in [2.45, 2.75) is 34.6 Å². The van der Waals surface area contributed by atoms with Crippen molar-refractivity contribution in [3.63, 3.8) is 0 Å². The molecular weight excluding hydrogens is 366 g/mol. The molecule has 0 fully saturated rings. The van der Waals surface area contributed by atoms with Crippen LogP contribution in [0.2, 0.25) is 0 Å². The quantitative estimate of drug-likeness (QED) is 0.431. The average Bonchev–Trinajstić information content (AvgIpc) is 2.75. The van der Waals surface area contributed by atoms with Crippen LogP contribution in [0.4, 0.5) is 11.4 Å². The van der Waals surface area contributed by atoms with E-state index in [-0.39, 0.29) is 0 Å². The fraction of sp³-hybridized carbons (Fsp3) is 0.185. The molecule has 3 aromatic rings. The molecule has 3 heteroatoms. The lowest BCUT2D eigenvalue weighted by Gasteiger charge is -2.13. The maximum atomic E-state index is 4.83. The van der Waals surface area contributed by atoms with Gasteiger partial charge in [-0.2, -0.15) is 0 Å². The number of benzene rings is 2. The Labute approximate surface area is 180 Å². The Morgan fingerprint density at radius 2 is 1.77 bits per heavy atom. The SMILES string of the molecule is C=CNc1ccc(-c2cncc(C(=C)C)c2)cc1C(C)=Nc1cccc(C)c1.CC. The minimum Gasteiger partial charge on any atom is -0.362 e. The lowest BCUT2D eigenvalue weighted by Crippen LogP contribution is -2.01. The standard InChI is InChI=1S/C25H25N3.C2H6/c1-6-27-25-11-10-20(22-13-21(17(2)3)15-26-16-22)14-24(25)19(5)28-23-9-7-8-18(4)12-23;1-2/h6-16,27H,1-2H2,3-5H3;1-2H3. The molecule has 0 aliphatic carbocycles. The third-order valence-corrected chi connectivity index (χ3v) is 4.53. The largest absolute Gasteiger partial charge is 0.362 e. The van der Waals surface area contributed by atoms with E-state index >= 15 is 0 Å². The predicted octanol–water partition coefficient (Wildman–Crippen LogP) is 7.81. The van der Waals surface area contributed by atoms with Gasteiger partial charge in [-0.05, 0) is 79.6 Å². The summed E-state index contributed by atoms with van der Waals surface area (Å²) >= 11 is 0. The molecule has 3 rings (SSSR count). The topological polar surface area (TPSA) is 37.3 Å². The van der Waals surface area contributed by atoms with E-state index in [0.717, 1.165) is 44.9 Å². The highest BCUT2D eigenvalue weighted by molar-refractivity contribution is 6.05. The molecule has 0 bridgehead atoms. The van der Waals surface area contributed by atoms with E-state index in [2.05, 4.69) is 66.8 Å². The Bertz CT molecular complexity index is 1060. The maximum Gasteiger partial charge on any atom is 0.0635 e. The lowest BCUT2D eigenvalue weighted by atomic mass is 9.99. The number of rotatable bonds is 6. The van der Waals surface area contributed by atoms with Gasteiger partial charge in [-0.3, -0.25) is 9.98 Å². The Morgan fingerprint density at radius 1 is 1.00 bits per heavy atom. The number of aryl methyl sites for hydroxylation is 1. The number of nitrogens with one attached hydrogen (secondary N) is 1. The van der Waals surface area contributed by atoms with E-state index in [9.17, 15) is 0 Å². The molecule has 0 saturated carbocycles. The highest BCUT2D eigenvalue weighted by atomic mass is 14.8. The molecule has 30 heavy (non-hydrogen) atoms. The first-order valence-corrected chi connectivity index (χ1v) is 10.2. The van der Waals surface area contributed by atoms with Gasteiger partial charge in [0.05, 0.1) is 5.69 Å². The molecule has 3 nitrogen and oxygen atoms in total. The molecule has 0 aliphatic rings. The Kier molecular flexibility index (Phi) is 8.30. The average molecular weight is 398 g/mol. The normalized spacial score (nSPS) is 10.6. The summed E-state index contributed by atoms with van der Waals surface area (Å²) in [5, 5.41) is 3.22. The zero-order valence-corrected chi connectivity index (χ0v) is 18.7. The van der Waals surface area contributed by atoms with Crippen LogP contribution in [0.5, 0.6) is 0 Å². The summed E-state index contributed by atoms with van der Waals surface area (Å²) in [7, 11) is 0. The smallest absolute Gasteiger partial charge is 0.0635 e. The number of aliphatic imine (C=N–C) groups is 1. The van der Waals surface area contributed by atoms with Crippen molar-refractivity contribution in [3.8, 4) is 11.1 Å². The van der Waals surface area contributed by atoms with Crippen molar-refractivity contribution in [3.05, 3.63) is 97.0 Å². The van der Waals surface area contributed by atoms with Crippen molar-refractivity contribution < 1.29 is 0 Å². The van der Waals surface area contributed by atoms with Gasteiger partial charge in [0, 0.05) is 34.9 Å². The van der Waals surface area contributed by atoms with Gasteiger partial charge in [0.1, 0.15) is 0 Å². The third-order valence-electron chi connectivity index (χ3n) is 4.53. The second kappa shape index (κ2) is 10.9. The van der Waals surface area contributed by atoms with Crippen LogP contribution >= 0.6 is 0 Å². The number of nitrogens with zero attached hydrogens (tertiary/aromatic N) is 2. The van der Waals surface area contributed by atoms with E-state index in [0.29, 0.717) is 0 Å². The number of pyridine rings is 1. The molecule has 2 aromatic carbocycles. The third kappa shape index (κ3) is 5.77.